The Hall–Kier alpha value is -2.38. The van der Waals surface area contributed by atoms with E-state index in [1.165, 1.54) is 0 Å². The molecule has 0 aliphatic carbocycles. The lowest BCUT2D eigenvalue weighted by Crippen LogP contribution is -2.37. The van der Waals surface area contributed by atoms with Crippen LogP contribution in [0, 0.1) is 0 Å². The van der Waals surface area contributed by atoms with Crippen molar-refractivity contribution in [2.45, 2.75) is 51.4 Å². The van der Waals surface area contributed by atoms with E-state index >= 15 is 0 Å². The molecule has 0 saturated carbocycles. The highest BCUT2D eigenvalue weighted by Gasteiger charge is 2.28. The van der Waals surface area contributed by atoms with E-state index in [9.17, 15) is 29.4 Å². The van der Waals surface area contributed by atoms with E-state index in [4.69, 9.17) is 0 Å². The molecule has 0 spiro atoms. The van der Waals surface area contributed by atoms with Gasteiger partial charge in [-0.25, -0.2) is 9.59 Å². The summed E-state index contributed by atoms with van der Waals surface area (Å²) in [5, 5.41) is 18.9. The maximum atomic E-state index is 12.4. The van der Waals surface area contributed by atoms with E-state index in [1.54, 1.807) is 9.80 Å². The summed E-state index contributed by atoms with van der Waals surface area (Å²) < 4.78 is 0. The fourth-order valence-electron chi connectivity index (χ4n) is 3.44. The highest BCUT2D eigenvalue weighted by Crippen LogP contribution is 2.20. The first kappa shape index (κ1) is 19.9. The van der Waals surface area contributed by atoms with Crippen molar-refractivity contribution in [1.82, 2.24) is 9.80 Å². The Morgan fingerprint density at radius 1 is 0.577 bits per heavy atom. The number of carbonyl (C=O) groups is 4. The Bertz CT molecular complexity index is 549. The maximum absolute atomic E-state index is 12.4. The van der Waals surface area contributed by atoms with Crippen LogP contribution < -0.4 is 0 Å². The number of carboxylic acid groups (broad SMARTS) is 2. The Labute approximate surface area is 152 Å². The molecule has 0 unspecified atom stereocenters. The molecular weight excluding hydrogens is 340 g/mol. The number of aliphatic carboxylic acids is 2. The zero-order valence-electron chi connectivity index (χ0n) is 14.9. The van der Waals surface area contributed by atoms with Crippen molar-refractivity contribution in [3.8, 4) is 0 Å². The van der Waals surface area contributed by atoms with Crippen molar-refractivity contribution in [3.63, 3.8) is 0 Å². The van der Waals surface area contributed by atoms with Gasteiger partial charge in [-0.1, -0.05) is 0 Å². The predicted octanol–water partition coefficient (Wildman–Crippen LogP) is 1.26. The van der Waals surface area contributed by atoms with Gasteiger partial charge in [0, 0.05) is 26.2 Å². The number of carboxylic acids is 2. The first-order valence-corrected chi connectivity index (χ1v) is 9.14. The average Bonchev–Trinajstić information content (AvgIpc) is 2.65. The summed E-state index contributed by atoms with van der Waals surface area (Å²) in [5.41, 5.74) is -0.975. The lowest BCUT2D eigenvalue weighted by atomic mass is 9.99. The Morgan fingerprint density at radius 3 is 1.15 bits per heavy atom. The molecule has 144 valence electrons. The van der Waals surface area contributed by atoms with Gasteiger partial charge in [0.25, 0.3) is 0 Å². The van der Waals surface area contributed by atoms with E-state index in [0.717, 1.165) is 38.5 Å². The van der Waals surface area contributed by atoms with Crippen LogP contribution >= 0.6 is 0 Å². The number of rotatable bonds is 6. The Morgan fingerprint density at radius 2 is 0.885 bits per heavy atom. The summed E-state index contributed by atoms with van der Waals surface area (Å²) >= 11 is 0. The molecule has 0 bridgehead atoms. The quantitative estimate of drug-likeness (QED) is 0.684. The summed E-state index contributed by atoms with van der Waals surface area (Å²) in [6.07, 6.45) is 4.49. The molecule has 0 radical (unpaired) electrons. The lowest BCUT2D eigenvalue weighted by Gasteiger charge is -2.28. The number of likely N-dealkylation sites (tertiary alicyclic amines) is 2. The topological polar surface area (TPSA) is 115 Å². The zero-order valence-corrected chi connectivity index (χ0v) is 14.9. The van der Waals surface area contributed by atoms with Gasteiger partial charge in [-0.2, -0.15) is 0 Å². The third-order valence-electron chi connectivity index (χ3n) is 4.95. The van der Waals surface area contributed by atoms with E-state index in [2.05, 4.69) is 0 Å². The van der Waals surface area contributed by atoms with Crippen LogP contribution in [0.25, 0.3) is 0 Å². The Kier molecular flexibility index (Phi) is 7.17. The molecule has 8 nitrogen and oxygen atoms in total. The standard InChI is InChI=1S/C18H26N2O6/c21-15(19-7-3-1-4-8-19)11-13(17(23)24)14(18(25)26)12-16(22)20-9-5-2-6-10-20/h1-12H2,(H,23,24)(H,25,26). The molecule has 0 aromatic rings. The van der Waals surface area contributed by atoms with Crippen molar-refractivity contribution >= 4 is 23.8 Å². The van der Waals surface area contributed by atoms with Gasteiger partial charge in [0.1, 0.15) is 0 Å². The molecule has 2 aliphatic heterocycles. The van der Waals surface area contributed by atoms with Crippen LogP contribution in [0.4, 0.5) is 0 Å². The molecule has 0 aromatic carbocycles. The third kappa shape index (κ3) is 5.31. The second kappa shape index (κ2) is 9.35. The molecule has 2 N–H and O–H groups in total. The first-order chi connectivity index (χ1) is 12.4. The van der Waals surface area contributed by atoms with Gasteiger partial charge in [-0.15, -0.1) is 0 Å². The van der Waals surface area contributed by atoms with Crippen LogP contribution in [0.1, 0.15) is 51.4 Å². The molecule has 2 fully saturated rings. The fourth-order valence-corrected chi connectivity index (χ4v) is 3.44. The molecule has 2 saturated heterocycles. The second-order valence-corrected chi connectivity index (χ2v) is 6.80. The van der Waals surface area contributed by atoms with Crippen LogP contribution in [0.15, 0.2) is 11.1 Å². The van der Waals surface area contributed by atoms with Crippen LogP contribution in [-0.2, 0) is 19.2 Å². The number of nitrogens with zero attached hydrogens (tertiary/aromatic N) is 2. The predicted molar refractivity (Wildman–Crippen MR) is 92.4 cm³/mol. The first-order valence-electron chi connectivity index (χ1n) is 9.14. The molecule has 0 aromatic heterocycles. The van der Waals surface area contributed by atoms with Crippen LogP contribution in [0.3, 0.4) is 0 Å². The molecule has 26 heavy (non-hydrogen) atoms. The summed E-state index contributed by atoms with van der Waals surface area (Å²) in [6.45, 7) is 2.23. The van der Waals surface area contributed by atoms with Crippen molar-refractivity contribution in [1.29, 1.82) is 0 Å². The molecule has 8 heteroatoms. The third-order valence-corrected chi connectivity index (χ3v) is 4.95. The van der Waals surface area contributed by atoms with Crippen LogP contribution in [0.5, 0.6) is 0 Å². The molecular formula is C18H26N2O6. The summed E-state index contributed by atoms with van der Waals surface area (Å²) in [6, 6.07) is 0. The number of piperidine rings is 2. The van der Waals surface area contributed by atoms with Crippen molar-refractivity contribution < 1.29 is 29.4 Å². The summed E-state index contributed by atoms with van der Waals surface area (Å²) in [4.78, 5) is 51.1. The van der Waals surface area contributed by atoms with Gasteiger partial charge >= 0.3 is 11.9 Å². The summed E-state index contributed by atoms with van der Waals surface area (Å²) in [7, 11) is 0. The zero-order chi connectivity index (χ0) is 19.1. The fraction of sp³-hybridized carbons (Fsp3) is 0.667. The second-order valence-electron chi connectivity index (χ2n) is 6.80. The number of hydrogen-bond acceptors (Lipinski definition) is 4. The van der Waals surface area contributed by atoms with Crippen LogP contribution in [0.2, 0.25) is 0 Å². The minimum atomic E-state index is -1.46. The minimum Gasteiger partial charge on any atom is -0.478 e. The molecule has 2 amide bonds. The van der Waals surface area contributed by atoms with Crippen molar-refractivity contribution in [3.05, 3.63) is 11.1 Å². The summed E-state index contributed by atoms with van der Waals surface area (Å²) in [5.74, 6) is -3.71. The van der Waals surface area contributed by atoms with Crippen molar-refractivity contribution in [2.24, 2.45) is 0 Å². The van der Waals surface area contributed by atoms with Gasteiger partial charge in [-0.05, 0) is 38.5 Å². The Balaban J connectivity index is 2.16. The molecule has 2 rings (SSSR count). The minimum absolute atomic E-state index is 0.397. The number of carbonyl (C=O) groups excluding carboxylic acids is 2. The number of amides is 2. The highest BCUT2D eigenvalue weighted by atomic mass is 16.4. The van der Waals surface area contributed by atoms with E-state index in [0.29, 0.717) is 26.2 Å². The maximum Gasteiger partial charge on any atom is 0.332 e. The monoisotopic (exact) mass is 366 g/mol. The smallest absolute Gasteiger partial charge is 0.332 e. The van der Waals surface area contributed by atoms with Gasteiger partial charge in [-0.3, -0.25) is 9.59 Å². The van der Waals surface area contributed by atoms with Crippen molar-refractivity contribution in [2.75, 3.05) is 26.2 Å². The van der Waals surface area contributed by atoms with Gasteiger partial charge < -0.3 is 20.0 Å². The lowest BCUT2D eigenvalue weighted by molar-refractivity contribution is -0.139. The average molecular weight is 366 g/mol. The highest BCUT2D eigenvalue weighted by molar-refractivity contribution is 6.05. The van der Waals surface area contributed by atoms with Gasteiger partial charge in [0.2, 0.25) is 11.8 Å². The normalized spacial score (nSPS) is 18.9. The molecule has 2 heterocycles. The molecule has 2 aliphatic rings. The van der Waals surface area contributed by atoms with Crippen LogP contribution in [-0.4, -0.2) is 69.9 Å². The SMILES string of the molecule is O=C(O)C(CC(=O)N1CCCCC1)=C(CC(=O)N1CCCCC1)C(=O)O. The van der Waals surface area contributed by atoms with E-state index in [-0.39, 0.29) is 0 Å². The number of hydrogen-bond donors (Lipinski definition) is 2. The van der Waals surface area contributed by atoms with Gasteiger partial charge in [0.15, 0.2) is 0 Å². The van der Waals surface area contributed by atoms with E-state index in [1.807, 2.05) is 0 Å². The van der Waals surface area contributed by atoms with E-state index < -0.39 is 47.7 Å². The molecule has 0 atom stereocenters. The van der Waals surface area contributed by atoms with Gasteiger partial charge in [0.05, 0.1) is 24.0 Å². The largest absolute Gasteiger partial charge is 0.478 e.